The fraction of sp³-hybridized carbons (Fsp3) is 0.0645. The minimum Gasteiger partial charge on any atom is -0.256 e. The third kappa shape index (κ3) is 3.73. The molecule has 0 radical (unpaired) electrons. The highest BCUT2D eigenvalue weighted by Gasteiger charge is 2.12. The average molecular weight is 442 g/mol. The molecule has 1 unspecified atom stereocenters. The second-order valence-corrected chi connectivity index (χ2v) is 9.58. The van der Waals surface area contributed by atoms with Crippen molar-refractivity contribution in [2.45, 2.75) is 12.8 Å². The number of pyridine rings is 1. The second-order valence-electron chi connectivity index (χ2n) is 8.49. The zero-order chi connectivity index (χ0) is 22.2. The lowest BCUT2D eigenvalue weighted by atomic mass is 9.91. The van der Waals surface area contributed by atoms with E-state index in [1.807, 2.05) is 17.5 Å². The number of benzene rings is 4. The molecule has 0 saturated heterocycles. The fourth-order valence-electron chi connectivity index (χ4n) is 4.55. The smallest absolute Gasteiger partial charge is 0.0705 e. The monoisotopic (exact) mass is 441 g/mol. The normalized spacial score (nSPS) is 12.3. The SMILES string of the molecule is CC(c1ccc(-c2ccccc2)cc1)c1ccnc(-c2ccc3sc4ccccc4c3c2)c1. The van der Waals surface area contributed by atoms with E-state index in [-0.39, 0.29) is 0 Å². The highest BCUT2D eigenvalue weighted by Crippen LogP contribution is 2.36. The Bertz CT molecular complexity index is 1560. The van der Waals surface area contributed by atoms with Gasteiger partial charge in [-0.1, -0.05) is 85.8 Å². The summed E-state index contributed by atoms with van der Waals surface area (Å²) < 4.78 is 2.65. The standard InChI is InChI=1S/C31H23NS/c1-21(22-11-13-24(14-12-22)23-7-3-2-4-8-23)25-17-18-32-29(20-25)26-15-16-31-28(19-26)27-9-5-6-10-30(27)33-31/h2-21H,1H3. The van der Waals surface area contributed by atoms with Crippen LogP contribution in [0.5, 0.6) is 0 Å². The molecule has 1 nitrogen and oxygen atoms in total. The molecule has 2 aromatic heterocycles. The van der Waals surface area contributed by atoms with Crippen LogP contribution in [-0.4, -0.2) is 4.98 Å². The van der Waals surface area contributed by atoms with Crippen LogP contribution in [0.25, 0.3) is 42.6 Å². The summed E-state index contributed by atoms with van der Waals surface area (Å²) in [5, 5.41) is 2.63. The van der Waals surface area contributed by atoms with Crippen molar-refractivity contribution in [3.63, 3.8) is 0 Å². The van der Waals surface area contributed by atoms with Crippen molar-refractivity contribution in [2.24, 2.45) is 0 Å². The van der Waals surface area contributed by atoms with Crippen LogP contribution < -0.4 is 0 Å². The van der Waals surface area contributed by atoms with Crippen molar-refractivity contribution >= 4 is 31.5 Å². The molecular formula is C31H23NS. The maximum absolute atomic E-state index is 4.71. The van der Waals surface area contributed by atoms with Gasteiger partial charge in [-0.2, -0.15) is 0 Å². The van der Waals surface area contributed by atoms with Crippen LogP contribution in [-0.2, 0) is 0 Å². The van der Waals surface area contributed by atoms with Crippen LogP contribution in [0.2, 0.25) is 0 Å². The highest BCUT2D eigenvalue weighted by atomic mass is 32.1. The number of hydrogen-bond donors (Lipinski definition) is 0. The van der Waals surface area contributed by atoms with E-state index >= 15 is 0 Å². The summed E-state index contributed by atoms with van der Waals surface area (Å²) >= 11 is 1.85. The average Bonchev–Trinajstić information content (AvgIpc) is 3.27. The first-order valence-corrected chi connectivity index (χ1v) is 12.1. The van der Waals surface area contributed by atoms with Gasteiger partial charge in [-0.15, -0.1) is 11.3 Å². The molecule has 0 aliphatic carbocycles. The summed E-state index contributed by atoms with van der Waals surface area (Å²) in [6, 6.07) is 39.2. The number of rotatable bonds is 4. The van der Waals surface area contributed by atoms with Crippen molar-refractivity contribution in [1.29, 1.82) is 0 Å². The third-order valence-electron chi connectivity index (χ3n) is 6.47. The third-order valence-corrected chi connectivity index (χ3v) is 7.63. The van der Waals surface area contributed by atoms with Crippen LogP contribution in [0.15, 0.2) is 115 Å². The van der Waals surface area contributed by atoms with Gasteiger partial charge in [0.15, 0.2) is 0 Å². The Morgan fingerprint density at radius 3 is 2.12 bits per heavy atom. The van der Waals surface area contributed by atoms with Gasteiger partial charge in [-0.25, -0.2) is 0 Å². The van der Waals surface area contributed by atoms with Gasteiger partial charge in [0.05, 0.1) is 5.69 Å². The molecule has 2 heteroatoms. The summed E-state index contributed by atoms with van der Waals surface area (Å²) in [7, 11) is 0. The predicted molar refractivity (Wildman–Crippen MR) is 142 cm³/mol. The first-order chi connectivity index (χ1) is 16.3. The van der Waals surface area contributed by atoms with Crippen LogP contribution in [0, 0.1) is 0 Å². The minimum atomic E-state index is 0.294. The van der Waals surface area contributed by atoms with E-state index in [1.165, 1.54) is 48.0 Å². The van der Waals surface area contributed by atoms with E-state index in [0.717, 1.165) is 5.69 Å². The van der Waals surface area contributed by atoms with E-state index < -0.39 is 0 Å². The van der Waals surface area contributed by atoms with Gasteiger partial charge >= 0.3 is 0 Å². The molecule has 158 valence electrons. The quantitative estimate of drug-likeness (QED) is 0.266. The summed E-state index contributed by atoms with van der Waals surface area (Å²) in [4.78, 5) is 4.71. The van der Waals surface area contributed by atoms with Gasteiger partial charge < -0.3 is 0 Å². The molecule has 0 fully saturated rings. The zero-order valence-electron chi connectivity index (χ0n) is 18.4. The molecule has 0 saturated carbocycles. The van der Waals surface area contributed by atoms with Crippen molar-refractivity contribution < 1.29 is 0 Å². The molecule has 4 aromatic carbocycles. The molecule has 6 rings (SSSR count). The molecule has 0 amide bonds. The van der Waals surface area contributed by atoms with Crippen LogP contribution in [0.1, 0.15) is 24.0 Å². The number of thiophene rings is 1. The Balaban J connectivity index is 1.33. The van der Waals surface area contributed by atoms with Crippen LogP contribution in [0.3, 0.4) is 0 Å². The lowest BCUT2D eigenvalue weighted by molar-refractivity contribution is 0.918. The Morgan fingerprint density at radius 2 is 1.27 bits per heavy atom. The first-order valence-electron chi connectivity index (χ1n) is 11.3. The van der Waals surface area contributed by atoms with E-state index in [4.69, 9.17) is 4.98 Å². The van der Waals surface area contributed by atoms with E-state index in [2.05, 4.69) is 116 Å². The molecule has 2 heterocycles. The maximum atomic E-state index is 4.71. The number of nitrogens with zero attached hydrogens (tertiary/aromatic N) is 1. The Hall–Kier alpha value is -3.75. The topological polar surface area (TPSA) is 12.9 Å². The maximum Gasteiger partial charge on any atom is 0.0705 e. The predicted octanol–water partition coefficient (Wildman–Crippen LogP) is 8.94. The number of fused-ring (bicyclic) bond motifs is 3. The molecule has 0 aliphatic heterocycles. The molecule has 0 spiro atoms. The zero-order valence-corrected chi connectivity index (χ0v) is 19.2. The van der Waals surface area contributed by atoms with Gasteiger partial charge in [-0.3, -0.25) is 4.98 Å². The van der Waals surface area contributed by atoms with Gasteiger partial charge in [0.1, 0.15) is 0 Å². The van der Waals surface area contributed by atoms with Gasteiger partial charge in [0.25, 0.3) is 0 Å². The molecule has 0 aliphatic rings. The molecule has 6 aromatic rings. The summed E-state index contributed by atoms with van der Waals surface area (Å²) in [6.45, 7) is 2.27. The van der Waals surface area contributed by atoms with Crippen molar-refractivity contribution in [2.75, 3.05) is 0 Å². The summed E-state index contributed by atoms with van der Waals surface area (Å²) in [6.07, 6.45) is 1.94. The van der Waals surface area contributed by atoms with Crippen LogP contribution in [0.4, 0.5) is 0 Å². The largest absolute Gasteiger partial charge is 0.256 e. The molecule has 1 atom stereocenters. The van der Waals surface area contributed by atoms with Crippen molar-refractivity contribution in [3.8, 4) is 22.4 Å². The summed E-state index contributed by atoms with van der Waals surface area (Å²) in [5.41, 5.74) is 7.28. The van der Waals surface area contributed by atoms with Crippen molar-refractivity contribution in [3.05, 3.63) is 127 Å². The summed E-state index contributed by atoms with van der Waals surface area (Å²) in [5.74, 6) is 0.294. The Kier molecular flexibility index (Phi) is 5.01. The number of aromatic nitrogens is 1. The number of hydrogen-bond acceptors (Lipinski definition) is 2. The Labute approximate surface area is 198 Å². The Morgan fingerprint density at radius 1 is 0.576 bits per heavy atom. The fourth-order valence-corrected chi connectivity index (χ4v) is 5.63. The van der Waals surface area contributed by atoms with E-state index in [0.29, 0.717) is 5.92 Å². The van der Waals surface area contributed by atoms with Crippen LogP contribution >= 0.6 is 11.3 Å². The van der Waals surface area contributed by atoms with E-state index in [9.17, 15) is 0 Å². The highest BCUT2D eigenvalue weighted by molar-refractivity contribution is 7.25. The molecule has 33 heavy (non-hydrogen) atoms. The molecule has 0 bridgehead atoms. The molecular weight excluding hydrogens is 418 g/mol. The lowest BCUT2D eigenvalue weighted by Gasteiger charge is -2.14. The van der Waals surface area contributed by atoms with E-state index in [1.54, 1.807) is 0 Å². The van der Waals surface area contributed by atoms with Crippen molar-refractivity contribution in [1.82, 2.24) is 4.98 Å². The van der Waals surface area contributed by atoms with Gasteiger partial charge in [0, 0.05) is 37.9 Å². The second kappa shape index (κ2) is 8.31. The first kappa shape index (κ1) is 19.9. The lowest BCUT2D eigenvalue weighted by Crippen LogP contribution is -1.97. The van der Waals surface area contributed by atoms with Gasteiger partial charge in [0.2, 0.25) is 0 Å². The molecule has 0 N–H and O–H groups in total. The van der Waals surface area contributed by atoms with Gasteiger partial charge in [-0.05, 0) is 52.6 Å². The minimum absolute atomic E-state index is 0.294.